The van der Waals surface area contributed by atoms with E-state index in [-0.39, 0.29) is 17.9 Å². The minimum atomic E-state index is -0.363. The number of hydrogen-bond donors (Lipinski definition) is 1. The molecule has 162 valence electrons. The molecule has 0 saturated heterocycles. The summed E-state index contributed by atoms with van der Waals surface area (Å²) in [5, 5.41) is 3.07. The summed E-state index contributed by atoms with van der Waals surface area (Å²) < 4.78 is 6.88. The number of fused-ring (bicyclic) bond motifs is 1. The molecule has 1 aromatic heterocycles. The maximum atomic E-state index is 12.8. The second-order valence-electron chi connectivity index (χ2n) is 7.79. The predicted molar refractivity (Wildman–Crippen MR) is 124 cm³/mol. The van der Waals surface area contributed by atoms with E-state index in [1.807, 2.05) is 74.5 Å². The Morgan fingerprint density at radius 2 is 1.62 bits per heavy atom. The number of para-hydroxylation sites is 2. The predicted octanol–water partition coefficient (Wildman–Crippen LogP) is 4.67. The van der Waals surface area contributed by atoms with Crippen LogP contribution in [-0.2, 0) is 11.3 Å². The molecular weight excluding hydrogens is 402 g/mol. The van der Waals surface area contributed by atoms with Crippen molar-refractivity contribution < 1.29 is 14.3 Å². The van der Waals surface area contributed by atoms with Gasteiger partial charge in [0.05, 0.1) is 29.7 Å². The summed E-state index contributed by atoms with van der Waals surface area (Å²) in [6.07, 6.45) is 0. The number of nitrogens with one attached hydrogen (secondary N) is 1. The SMILES string of the molecule is COC(=O)c1ccc(Cn2c([C@H](C)NC(=O)c3ccc(C)cc3)nc3ccccc32)cc1. The number of rotatable bonds is 6. The van der Waals surface area contributed by atoms with Crippen LogP contribution in [0.15, 0.2) is 72.8 Å². The van der Waals surface area contributed by atoms with Gasteiger partial charge in [0, 0.05) is 12.1 Å². The molecule has 3 aromatic carbocycles. The maximum absolute atomic E-state index is 12.8. The highest BCUT2D eigenvalue weighted by Gasteiger charge is 2.19. The summed E-state index contributed by atoms with van der Waals surface area (Å²) in [4.78, 5) is 29.3. The van der Waals surface area contributed by atoms with Gasteiger partial charge < -0.3 is 14.6 Å². The van der Waals surface area contributed by atoms with Crippen LogP contribution in [0.4, 0.5) is 0 Å². The Labute approximate surface area is 186 Å². The highest BCUT2D eigenvalue weighted by Crippen LogP contribution is 2.23. The lowest BCUT2D eigenvalue weighted by molar-refractivity contribution is 0.0600. The Bertz CT molecular complexity index is 1260. The summed E-state index contributed by atoms with van der Waals surface area (Å²) in [5.41, 5.74) is 5.09. The van der Waals surface area contributed by atoms with Gasteiger partial charge in [0.15, 0.2) is 0 Å². The van der Waals surface area contributed by atoms with E-state index in [1.54, 1.807) is 12.1 Å². The molecule has 1 heterocycles. The zero-order valence-corrected chi connectivity index (χ0v) is 18.3. The first-order chi connectivity index (χ1) is 15.5. The third-order valence-electron chi connectivity index (χ3n) is 5.45. The number of carbonyl (C=O) groups is 2. The first kappa shape index (κ1) is 21.3. The summed E-state index contributed by atoms with van der Waals surface area (Å²) >= 11 is 0. The molecule has 0 aliphatic heterocycles. The number of carbonyl (C=O) groups excluding carboxylic acids is 2. The average Bonchev–Trinajstić information content (AvgIpc) is 3.18. The third-order valence-corrected chi connectivity index (χ3v) is 5.45. The first-order valence-corrected chi connectivity index (χ1v) is 10.5. The van der Waals surface area contributed by atoms with Crippen LogP contribution in [0.25, 0.3) is 11.0 Å². The normalized spacial score (nSPS) is 11.8. The second kappa shape index (κ2) is 9.06. The Morgan fingerprint density at radius 3 is 2.31 bits per heavy atom. The van der Waals surface area contributed by atoms with E-state index in [0.717, 1.165) is 28.0 Å². The highest BCUT2D eigenvalue weighted by molar-refractivity contribution is 5.94. The van der Waals surface area contributed by atoms with Gasteiger partial charge in [0.2, 0.25) is 0 Å². The number of imidazole rings is 1. The van der Waals surface area contributed by atoms with Crippen LogP contribution in [0.5, 0.6) is 0 Å². The standard InChI is InChI=1S/C26H25N3O3/c1-17-8-12-20(13-9-17)25(30)27-18(2)24-28-22-6-4-5-7-23(22)29(24)16-19-10-14-21(15-11-19)26(31)32-3/h4-15,18H,16H2,1-3H3,(H,27,30)/t18-/m0/s1. The molecule has 0 aliphatic carbocycles. The molecule has 0 radical (unpaired) electrons. The number of nitrogens with zero attached hydrogens (tertiary/aromatic N) is 2. The van der Waals surface area contributed by atoms with E-state index in [2.05, 4.69) is 9.88 Å². The fourth-order valence-electron chi connectivity index (χ4n) is 3.69. The fraction of sp³-hybridized carbons (Fsp3) is 0.192. The number of aryl methyl sites for hydroxylation is 1. The average molecular weight is 428 g/mol. The van der Waals surface area contributed by atoms with Crippen LogP contribution in [0.1, 0.15) is 50.6 Å². The summed E-state index contributed by atoms with van der Waals surface area (Å²) in [6.45, 7) is 4.48. The van der Waals surface area contributed by atoms with Gasteiger partial charge in [-0.1, -0.05) is 42.0 Å². The van der Waals surface area contributed by atoms with Gasteiger partial charge in [-0.2, -0.15) is 0 Å². The Hall–Kier alpha value is -3.93. The van der Waals surface area contributed by atoms with Crippen molar-refractivity contribution in [1.82, 2.24) is 14.9 Å². The minimum absolute atomic E-state index is 0.140. The monoisotopic (exact) mass is 427 g/mol. The minimum Gasteiger partial charge on any atom is -0.465 e. The van der Waals surface area contributed by atoms with E-state index in [0.29, 0.717) is 17.7 Å². The zero-order chi connectivity index (χ0) is 22.7. The molecule has 0 unspecified atom stereocenters. The van der Waals surface area contributed by atoms with Crippen LogP contribution < -0.4 is 5.32 Å². The second-order valence-corrected chi connectivity index (χ2v) is 7.79. The number of benzene rings is 3. The molecule has 0 saturated carbocycles. The summed E-state index contributed by atoms with van der Waals surface area (Å²) in [6, 6.07) is 22.4. The Morgan fingerprint density at radius 1 is 0.969 bits per heavy atom. The quantitative estimate of drug-likeness (QED) is 0.454. The van der Waals surface area contributed by atoms with Gasteiger partial charge in [-0.05, 0) is 55.8 Å². The van der Waals surface area contributed by atoms with Crippen molar-refractivity contribution in [3.63, 3.8) is 0 Å². The van der Waals surface area contributed by atoms with E-state index < -0.39 is 0 Å². The molecule has 1 atom stereocenters. The molecule has 0 aliphatic rings. The van der Waals surface area contributed by atoms with Gasteiger partial charge in [-0.25, -0.2) is 9.78 Å². The van der Waals surface area contributed by atoms with Crippen molar-refractivity contribution in [2.45, 2.75) is 26.4 Å². The molecule has 6 nitrogen and oxygen atoms in total. The molecule has 1 amide bonds. The van der Waals surface area contributed by atoms with Crippen molar-refractivity contribution in [3.05, 3.63) is 101 Å². The van der Waals surface area contributed by atoms with Crippen molar-refractivity contribution in [2.75, 3.05) is 7.11 Å². The molecular formula is C26H25N3O3. The van der Waals surface area contributed by atoms with Gasteiger partial charge in [-0.15, -0.1) is 0 Å². The maximum Gasteiger partial charge on any atom is 0.337 e. The Kier molecular flexibility index (Phi) is 6.03. The van der Waals surface area contributed by atoms with Gasteiger partial charge in [-0.3, -0.25) is 4.79 Å². The molecule has 1 N–H and O–H groups in total. The van der Waals surface area contributed by atoms with Crippen LogP contribution in [0.2, 0.25) is 0 Å². The molecule has 4 aromatic rings. The molecule has 6 heteroatoms. The summed E-state index contributed by atoms with van der Waals surface area (Å²) in [5.74, 6) is 0.264. The van der Waals surface area contributed by atoms with Crippen molar-refractivity contribution >= 4 is 22.9 Å². The van der Waals surface area contributed by atoms with Crippen LogP contribution in [0, 0.1) is 6.92 Å². The van der Waals surface area contributed by atoms with E-state index >= 15 is 0 Å². The number of hydrogen-bond acceptors (Lipinski definition) is 4. The van der Waals surface area contributed by atoms with E-state index in [4.69, 9.17) is 9.72 Å². The molecule has 0 spiro atoms. The molecule has 0 fully saturated rings. The smallest absolute Gasteiger partial charge is 0.337 e. The molecule has 4 rings (SSSR count). The number of ether oxygens (including phenoxy) is 1. The lowest BCUT2D eigenvalue weighted by atomic mass is 10.1. The fourth-order valence-corrected chi connectivity index (χ4v) is 3.69. The van der Waals surface area contributed by atoms with E-state index in [9.17, 15) is 9.59 Å². The van der Waals surface area contributed by atoms with Crippen molar-refractivity contribution in [3.8, 4) is 0 Å². The number of amides is 1. The van der Waals surface area contributed by atoms with E-state index in [1.165, 1.54) is 7.11 Å². The van der Waals surface area contributed by atoms with Gasteiger partial charge >= 0.3 is 5.97 Å². The first-order valence-electron chi connectivity index (χ1n) is 10.5. The largest absolute Gasteiger partial charge is 0.465 e. The number of methoxy groups -OCH3 is 1. The van der Waals surface area contributed by atoms with Crippen molar-refractivity contribution in [2.24, 2.45) is 0 Å². The lowest BCUT2D eigenvalue weighted by Crippen LogP contribution is -2.28. The van der Waals surface area contributed by atoms with Gasteiger partial charge in [0.25, 0.3) is 5.91 Å². The van der Waals surface area contributed by atoms with Crippen LogP contribution in [-0.4, -0.2) is 28.5 Å². The lowest BCUT2D eigenvalue weighted by Gasteiger charge is -2.17. The summed E-state index contributed by atoms with van der Waals surface area (Å²) in [7, 11) is 1.37. The van der Waals surface area contributed by atoms with Gasteiger partial charge in [0.1, 0.15) is 5.82 Å². The van der Waals surface area contributed by atoms with Crippen LogP contribution in [0.3, 0.4) is 0 Å². The third kappa shape index (κ3) is 4.39. The van der Waals surface area contributed by atoms with Crippen molar-refractivity contribution in [1.29, 1.82) is 0 Å². The molecule has 32 heavy (non-hydrogen) atoms. The number of esters is 1. The molecule has 0 bridgehead atoms. The zero-order valence-electron chi connectivity index (χ0n) is 18.3. The topological polar surface area (TPSA) is 73.2 Å². The number of aromatic nitrogens is 2. The highest BCUT2D eigenvalue weighted by atomic mass is 16.5. The Balaban J connectivity index is 1.63. The van der Waals surface area contributed by atoms with Crippen LogP contribution >= 0.6 is 0 Å².